The Morgan fingerprint density at radius 1 is 0.600 bits per heavy atom. The number of primary amides is 1. The topological polar surface area (TPSA) is 358 Å². The number of carbonyl (C=O) groups is 1. The van der Waals surface area contributed by atoms with Crippen LogP contribution in [-0.2, 0) is 52.2 Å². The van der Waals surface area contributed by atoms with Crippen LogP contribution in [0, 0.1) is 0 Å². The Bertz CT molecular complexity index is 1140. The molecule has 23 heteroatoms. The molecule has 20 atom stereocenters. The third kappa shape index (κ3) is 11.5. The normalized spacial score (nSPS) is 45.0. The highest BCUT2D eigenvalue weighted by Crippen LogP contribution is 2.34. The zero-order chi connectivity index (χ0) is 41.1. The number of methoxy groups -OCH3 is 2. The molecule has 0 spiro atoms. The number of ether oxygens (including phenoxy) is 10. The monoisotopic (exact) mass is 807 g/mol. The van der Waals surface area contributed by atoms with Crippen LogP contribution in [0.15, 0.2) is 12.7 Å². The van der Waals surface area contributed by atoms with Crippen molar-refractivity contribution in [3.63, 3.8) is 0 Å². The van der Waals surface area contributed by atoms with Crippen molar-refractivity contribution in [3.8, 4) is 0 Å². The minimum absolute atomic E-state index is 0.296. The van der Waals surface area contributed by atoms with Crippen LogP contribution in [0.25, 0.3) is 0 Å². The van der Waals surface area contributed by atoms with E-state index in [-0.39, 0.29) is 6.61 Å². The van der Waals surface area contributed by atoms with Gasteiger partial charge in [0.2, 0.25) is 5.91 Å². The molecule has 4 saturated heterocycles. The van der Waals surface area contributed by atoms with Crippen LogP contribution in [0.3, 0.4) is 0 Å². The van der Waals surface area contributed by atoms with E-state index in [1.165, 1.54) is 21.1 Å². The fourth-order valence-electron chi connectivity index (χ4n) is 6.55. The molecule has 0 radical (unpaired) electrons. The van der Waals surface area contributed by atoms with Gasteiger partial charge in [-0.25, -0.2) is 0 Å². The van der Waals surface area contributed by atoms with E-state index in [9.17, 15) is 61.0 Å². The zero-order valence-corrected chi connectivity index (χ0v) is 30.6. The molecule has 0 aromatic heterocycles. The van der Waals surface area contributed by atoms with Crippen LogP contribution in [0.2, 0.25) is 0 Å². The van der Waals surface area contributed by atoms with Gasteiger partial charge in [0.25, 0.3) is 0 Å². The van der Waals surface area contributed by atoms with Crippen LogP contribution < -0.4 is 5.73 Å². The smallest absolute Gasteiger partial charge is 0.240 e. The molecule has 322 valence electrons. The number of rotatable bonds is 16. The lowest BCUT2D eigenvalue weighted by atomic mass is 9.94. The summed E-state index contributed by atoms with van der Waals surface area (Å²) < 4.78 is 56.4. The maximum atomic E-state index is 11.4. The van der Waals surface area contributed by atoms with Crippen molar-refractivity contribution in [2.75, 3.05) is 53.9 Å². The molecule has 55 heavy (non-hydrogen) atoms. The summed E-state index contributed by atoms with van der Waals surface area (Å²) in [5.74, 6) is -0.481. The van der Waals surface area contributed by atoms with Gasteiger partial charge in [0.05, 0.1) is 45.7 Å². The first-order valence-electron chi connectivity index (χ1n) is 17.5. The van der Waals surface area contributed by atoms with Crippen molar-refractivity contribution in [1.82, 2.24) is 0 Å². The molecule has 4 rings (SSSR count). The third-order valence-corrected chi connectivity index (χ3v) is 9.52. The minimum Gasteiger partial charge on any atom is -0.394 e. The summed E-state index contributed by atoms with van der Waals surface area (Å²) in [4.78, 5) is 9.47. The molecule has 4 fully saturated rings. The SMILES string of the molecule is C=CC(N)=O.COC1C(CO)OC(OCC2OC(OC3C(CO)OC(C)C(O)C3O)C(O)C(O)C2OC2OC(CO)C(OC)C(O)C2OCCO)C(O)C1O. The Kier molecular flexibility index (Phi) is 19.5. The van der Waals surface area contributed by atoms with E-state index in [4.69, 9.17) is 47.4 Å². The first kappa shape index (κ1) is 47.7. The number of hydrogen-bond donors (Lipinski definition) is 12. The van der Waals surface area contributed by atoms with Gasteiger partial charge >= 0.3 is 0 Å². The average Bonchev–Trinajstić information content (AvgIpc) is 3.17. The summed E-state index contributed by atoms with van der Waals surface area (Å²) in [5, 5.41) is 115. The molecule has 0 bridgehead atoms. The second-order valence-corrected chi connectivity index (χ2v) is 13.1. The molecule has 20 unspecified atom stereocenters. The summed E-state index contributed by atoms with van der Waals surface area (Å²) >= 11 is 0. The number of aliphatic hydroxyl groups excluding tert-OH is 11. The highest BCUT2D eigenvalue weighted by molar-refractivity contribution is 5.84. The molecule has 1 amide bonds. The van der Waals surface area contributed by atoms with E-state index in [1.807, 2.05) is 0 Å². The maximum Gasteiger partial charge on any atom is 0.240 e. The Morgan fingerprint density at radius 3 is 1.56 bits per heavy atom. The van der Waals surface area contributed by atoms with E-state index in [1.54, 1.807) is 0 Å². The zero-order valence-electron chi connectivity index (χ0n) is 30.6. The quantitative estimate of drug-likeness (QED) is 0.0644. The van der Waals surface area contributed by atoms with Gasteiger partial charge in [-0.3, -0.25) is 4.79 Å². The van der Waals surface area contributed by atoms with E-state index < -0.39 is 162 Å². The lowest BCUT2D eigenvalue weighted by molar-refractivity contribution is -0.381. The molecule has 0 aromatic rings. The predicted octanol–water partition coefficient (Wildman–Crippen LogP) is -7.70. The molecular weight excluding hydrogens is 750 g/mol. The van der Waals surface area contributed by atoms with Crippen molar-refractivity contribution < 1.29 is 108 Å². The summed E-state index contributed by atoms with van der Waals surface area (Å²) in [7, 11) is 2.50. The van der Waals surface area contributed by atoms with Crippen LogP contribution in [0.1, 0.15) is 6.92 Å². The van der Waals surface area contributed by atoms with E-state index in [2.05, 4.69) is 12.3 Å². The molecule has 4 aliphatic heterocycles. The van der Waals surface area contributed by atoms with Gasteiger partial charge in [-0.15, -0.1) is 0 Å². The average molecular weight is 808 g/mol. The second kappa shape index (κ2) is 22.5. The van der Waals surface area contributed by atoms with Crippen LogP contribution in [-0.4, -0.2) is 239 Å². The number of aliphatic hydroxyl groups is 11. The summed E-state index contributed by atoms with van der Waals surface area (Å²) in [6, 6.07) is 0. The van der Waals surface area contributed by atoms with Crippen LogP contribution >= 0.6 is 0 Å². The molecule has 4 heterocycles. The second-order valence-electron chi connectivity index (χ2n) is 13.1. The highest BCUT2D eigenvalue weighted by atomic mass is 16.8. The predicted molar refractivity (Wildman–Crippen MR) is 177 cm³/mol. The van der Waals surface area contributed by atoms with Crippen molar-refractivity contribution >= 4 is 5.91 Å². The number of nitrogens with two attached hydrogens (primary N) is 1. The molecule has 0 aromatic carbocycles. The molecule has 0 saturated carbocycles. The van der Waals surface area contributed by atoms with Crippen LogP contribution in [0.5, 0.6) is 0 Å². The third-order valence-electron chi connectivity index (χ3n) is 9.52. The summed E-state index contributed by atoms with van der Waals surface area (Å²) in [6.07, 6.45) is -28.3. The minimum atomic E-state index is -1.95. The summed E-state index contributed by atoms with van der Waals surface area (Å²) in [5.41, 5.74) is 4.53. The van der Waals surface area contributed by atoms with Crippen molar-refractivity contribution in [3.05, 3.63) is 12.7 Å². The van der Waals surface area contributed by atoms with Crippen molar-refractivity contribution in [2.24, 2.45) is 5.73 Å². The largest absolute Gasteiger partial charge is 0.394 e. The molecule has 4 aliphatic rings. The Hall–Kier alpha value is -1.63. The fourth-order valence-corrected chi connectivity index (χ4v) is 6.55. The number of hydrogen-bond acceptors (Lipinski definition) is 22. The highest BCUT2D eigenvalue weighted by Gasteiger charge is 2.54. The van der Waals surface area contributed by atoms with Crippen molar-refractivity contribution in [1.29, 1.82) is 0 Å². The Morgan fingerprint density at radius 2 is 1.04 bits per heavy atom. The fraction of sp³-hybridized carbons (Fsp3) is 0.906. The maximum absolute atomic E-state index is 11.4. The Labute approximate surface area is 316 Å². The van der Waals surface area contributed by atoms with Crippen LogP contribution in [0.4, 0.5) is 0 Å². The lowest BCUT2D eigenvalue weighted by Gasteiger charge is -2.49. The first-order chi connectivity index (χ1) is 26.1. The molecular formula is C32H57NO22. The van der Waals surface area contributed by atoms with Gasteiger partial charge in [0.15, 0.2) is 18.9 Å². The molecule has 0 aliphatic carbocycles. The van der Waals surface area contributed by atoms with Gasteiger partial charge in [0, 0.05) is 14.2 Å². The van der Waals surface area contributed by atoms with E-state index >= 15 is 0 Å². The van der Waals surface area contributed by atoms with E-state index in [0.29, 0.717) is 0 Å². The van der Waals surface area contributed by atoms with Gasteiger partial charge in [-0.1, -0.05) is 6.58 Å². The molecule has 13 N–H and O–H groups in total. The van der Waals surface area contributed by atoms with Gasteiger partial charge in [-0.05, 0) is 13.0 Å². The van der Waals surface area contributed by atoms with Gasteiger partial charge < -0.3 is 109 Å². The first-order valence-corrected chi connectivity index (χ1v) is 17.5. The molecule has 23 nitrogen and oxygen atoms in total. The lowest BCUT2D eigenvalue weighted by Crippen LogP contribution is -2.67. The standard InChI is InChI=1S/C29H52O21.C3H5NO/c1-10-15(34)16(35)24(13(8-33)45-10)49-28-20(39)18(37)25(50-29-26(43-5-4-30)21(40)23(42-3)12(7-32)47-29)14(48-28)9-44-27-19(38)17(36)22(41-2)11(6-31)46-27;1-2-3(4)5/h10-40H,4-9H2,1-3H3;2H,1H2,(H2,4,5). The van der Waals surface area contributed by atoms with E-state index in [0.717, 1.165) is 6.08 Å². The summed E-state index contributed by atoms with van der Waals surface area (Å²) in [6.45, 7) is 1.21. The van der Waals surface area contributed by atoms with Gasteiger partial charge in [-0.2, -0.15) is 0 Å². The van der Waals surface area contributed by atoms with Crippen molar-refractivity contribution in [2.45, 2.75) is 130 Å². The Balaban J connectivity index is 0.00000152. The number of carbonyl (C=O) groups excluding carboxylic acids is 1. The van der Waals surface area contributed by atoms with Gasteiger partial charge in [0.1, 0.15) is 97.7 Å². The number of amides is 1.